The molecule has 1 amide bonds. The molecule has 0 atom stereocenters. The highest BCUT2D eigenvalue weighted by Crippen LogP contribution is 2.42. The molecule has 2 aromatic carbocycles. The van der Waals surface area contributed by atoms with Gasteiger partial charge in [0.25, 0.3) is 17.3 Å². The molecule has 0 aromatic heterocycles. The molecule has 0 saturated carbocycles. The Morgan fingerprint density at radius 1 is 0.958 bits per heavy atom. The predicted octanol–water partition coefficient (Wildman–Crippen LogP) is 2.07. The first-order chi connectivity index (χ1) is 11.3. The molecule has 1 N–H and O–H groups in total. The highest BCUT2D eigenvalue weighted by Gasteiger charge is 2.34. The molecule has 0 bridgehead atoms. The zero-order chi connectivity index (χ0) is 17.6. The Morgan fingerprint density at radius 2 is 1.58 bits per heavy atom. The molecule has 9 nitrogen and oxygen atoms in total. The van der Waals surface area contributed by atoms with Crippen LogP contribution in [-0.4, -0.2) is 28.6 Å². The van der Waals surface area contributed by atoms with Crippen LogP contribution in [0.2, 0.25) is 0 Å². The van der Waals surface area contributed by atoms with Gasteiger partial charge < -0.3 is 5.32 Å². The minimum Gasteiger partial charge on any atom is -0.355 e. The van der Waals surface area contributed by atoms with Gasteiger partial charge >= 0.3 is 0 Å². The molecule has 9 heteroatoms. The Morgan fingerprint density at radius 3 is 2.17 bits per heavy atom. The van der Waals surface area contributed by atoms with Gasteiger partial charge in [0.15, 0.2) is 5.78 Å². The number of hydrogen-bond acceptors (Lipinski definition) is 6. The molecule has 0 unspecified atom stereocenters. The van der Waals surface area contributed by atoms with Crippen molar-refractivity contribution >= 4 is 23.1 Å². The summed E-state index contributed by atoms with van der Waals surface area (Å²) in [5, 5.41) is 24.3. The number of fused-ring (bicyclic) bond motifs is 3. The molecule has 0 aliphatic heterocycles. The first kappa shape index (κ1) is 15.3. The first-order valence-electron chi connectivity index (χ1n) is 6.73. The van der Waals surface area contributed by atoms with Crippen molar-refractivity contribution in [3.63, 3.8) is 0 Å². The summed E-state index contributed by atoms with van der Waals surface area (Å²) in [6.45, 7) is 0. The fourth-order valence-corrected chi connectivity index (χ4v) is 2.71. The second-order valence-corrected chi connectivity index (χ2v) is 5.07. The second-order valence-electron chi connectivity index (χ2n) is 5.07. The Hall–Kier alpha value is -3.62. The molecule has 0 fully saturated rings. The van der Waals surface area contributed by atoms with Crippen LogP contribution in [0.5, 0.6) is 0 Å². The van der Waals surface area contributed by atoms with E-state index in [1.807, 2.05) is 0 Å². The third-order valence-corrected chi connectivity index (χ3v) is 3.78. The average Bonchev–Trinajstić information content (AvgIpc) is 2.85. The van der Waals surface area contributed by atoms with E-state index in [2.05, 4.69) is 5.32 Å². The van der Waals surface area contributed by atoms with Gasteiger partial charge in [0.05, 0.1) is 15.4 Å². The molecular formula is C15H9N3O6. The van der Waals surface area contributed by atoms with Gasteiger partial charge in [0, 0.05) is 48.0 Å². The maximum absolute atomic E-state index is 12.5. The molecule has 0 spiro atoms. The van der Waals surface area contributed by atoms with Crippen molar-refractivity contribution in [2.45, 2.75) is 0 Å². The van der Waals surface area contributed by atoms with E-state index in [1.54, 1.807) is 0 Å². The molecule has 1 aliphatic rings. The third kappa shape index (κ3) is 2.10. The molecule has 0 heterocycles. The Kier molecular flexibility index (Phi) is 3.33. The van der Waals surface area contributed by atoms with Crippen molar-refractivity contribution in [3.8, 4) is 11.1 Å². The van der Waals surface area contributed by atoms with Crippen LogP contribution in [0.3, 0.4) is 0 Å². The smallest absolute Gasteiger partial charge is 0.271 e. The van der Waals surface area contributed by atoms with Crippen LogP contribution in [0.25, 0.3) is 11.1 Å². The van der Waals surface area contributed by atoms with E-state index < -0.39 is 27.2 Å². The molecular weight excluding hydrogens is 318 g/mol. The minimum absolute atomic E-state index is 0.0155. The van der Waals surface area contributed by atoms with Gasteiger partial charge in [-0.2, -0.15) is 0 Å². The van der Waals surface area contributed by atoms with E-state index in [0.717, 1.165) is 18.2 Å². The van der Waals surface area contributed by atoms with E-state index in [9.17, 15) is 29.8 Å². The summed E-state index contributed by atoms with van der Waals surface area (Å²) < 4.78 is 0. The van der Waals surface area contributed by atoms with Gasteiger partial charge in [-0.1, -0.05) is 0 Å². The quantitative estimate of drug-likeness (QED) is 0.578. The fraction of sp³-hybridized carbons (Fsp3) is 0.0667. The molecule has 120 valence electrons. The lowest BCUT2D eigenvalue weighted by Crippen LogP contribution is -2.19. The maximum Gasteiger partial charge on any atom is 0.271 e. The summed E-state index contributed by atoms with van der Waals surface area (Å²) in [6.07, 6.45) is 0. The summed E-state index contributed by atoms with van der Waals surface area (Å²) in [7, 11) is 1.36. The van der Waals surface area contributed by atoms with Gasteiger partial charge in [-0.25, -0.2) is 0 Å². The number of carbonyl (C=O) groups is 2. The molecule has 1 aliphatic carbocycles. The summed E-state index contributed by atoms with van der Waals surface area (Å²) in [5.74, 6) is -1.17. The summed E-state index contributed by atoms with van der Waals surface area (Å²) in [5.41, 5.74) is -0.0800. The lowest BCUT2D eigenvalue weighted by atomic mass is 9.98. The third-order valence-electron chi connectivity index (χ3n) is 3.78. The number of ketones is 1. The van der Waals surface area contributed by atoms with Crippen LogP contribution in [0, 0.1) is 20.2 Å². The van der Waals surface area contributed by atoms with E-state index in [0.29, 0.717) is 5.56 Å². The number of nitro benzene ring substituents is 2. The van der Waals surface area contributed by atoms with Crippen LogP contribution in [0.1, 0.15) is 26.3 Å². The van der Waals surface area contributed by atoms with Crippen LogP contribution >= 0.6 is 0 Å². The van der Waals surface area contributed by atoms with E-state index in [1.165, 1.54) is 19.2 Å². The van der Waals surface area contributed by atoms with Crippen molar-refractivity contribution in [2.24, 2.45) is 0 Å². The highest BCUT2D eigenvalue weighted by atomic mass is 16.6. The number of nitrogens with zero attached hydrogens (tertiary/aromatic N) is 2. The lowest BCUT2D eigenvalue weighted by molar-refractivity contribution is -0.385. The van der Waals surface area contributed by atoms with Gasteiger partial charge in [-0.05, 0) is 11.6 Å². The number of non-ortho nitro benzene ring substituents is 2. The summed E-state index contributed by atoms with van der Waals surface area (Å²) in [4.78, 5) is 45.2. The number of nitrogens with one attached hydrogen (secondary N) is 1. The molecule has 0 radical (unpaired) electrons. The summed E-state index contributed by atoms with van der Waals surface area (Å²) >= 11 is 0. The SMILES string of the molecule is CNC(=O)c1cc([N+](=O)[O-])cc2c1-c1ccc([N+](=O)[O-])cc1C2=O. The predicted molar refractivity (Wildman–Crippen MR) is 82.0 cm³/mol. The van der Waals surface area contributed by atoms with Crippen LogP contribution in [-0.2, 0) is 0 Å². The maximum atomic E-state index is 12.5. The fourth-order valence-electron chi connectivity index (χ4n) is 2.71. The second kappa shape index (κ2) is 5.23. The highest BCUT2D eigenvalue weighted by molar-refractivity contribution is 6.25. The molecule has 3 rings (SSSR count). The largest absolute Gasteiger partial charge is 0.355 e. The van der Waals surface area contributed by atoms with Crippen molar-refractivity contribution < 1.29 is 19.4 Å². The van der Waals surface area contributed by atoms with Crippen LogP contribution in [0.15, 0.2) is 30.3 Å². The first-order valence-corrected chi connectivity index (χ1v) is 6.73. The van der Waals surface area contributed by atoms with E-state index >= 15 is 0 Å². The lowest BCUT2D eigenvalue weighted by Gasteiger charge is -2.07. The van der Waals surface area contributed by atoms with Gasteiger partial charge in [-0.3, -0.25) is 29.8 Å². The van der Waals surface area contributed by atoms with Crippen molar-refractivity contribution in [3.05, 3.63) is 67.3 Å². The number of hydrogen-bond donors (Lipinski definition) is 1. The van der Waals surface area contributed by atoms with E-state index in [4.69, 9.17) is 0 Å². The topological polar surface area (TPSA) is 132 Å². The number of rotatable bonds is 3. The standard InChI is InChI=1S/C15H9N3O6/c1-16-15(20)12-6-8(18(23)24)5-11-13(12)9-3-2-7(17(21)22)4-10(9)14(11)19/h2-6H,1H3,(H,16,20). The molecule has 2 aromatic rings. The van der Waals surface area contributed by atoms with Gasteiger partial charge in [0.1, 0.15) is 0 Å². The molecule has 24 heavy (non-hydrogen) atoms. The zero-order valence-corrected chi connectivity index (χ0v) is 12.2. The number of amides is 1. The van der Waals surface area contributed by atoms with Crippen LogP contribution < -0.4 is 5.32 Å². The van der Waals surface area contributed by atoms with E-state index in [-0.39, 0.29) is 27.9 Å². The van der Waals surface area contributed by atoms with Crippen LogP contribution in [0.4, 0.5) is 11.4 Å². The number of carbonyl (C=O) groups excluding carboxylic acids is 2. The Labute approximate surface area is 134 Å². The average molecular weight is 327 g/mol. The number of benzene rings is 2. The minimum atomic E-state index is -0.703. The number of nitro groups is 2. The monoisotopic (exact) mass is 327 g/mol. The van der Waals surface area contributed by atoms with Gasteiger partial charge in [-0.15, -0.1) is 0 Å². The van der Waals surface area contributed by atoms with Crippen molar-refractivity contribution in [1.29, 1.82) is 0 Å². The Bertz CT molecular complexity index is 950. The van der Waals surface area contributed by atoms with Gasteiger partial charge in [0.2, 0.25) is 0 Å². The van der Waals surface area contributed by atoms with Crippen molar-refractivity contribution in [1.82, 2.24) is 5.32 Å². The summed E-state index contributed by atoms with van der Waals surface area (Å²) in [6, 6.07) is 5.86. The normalized spacial score (nSPS) is 11.6. The zero-order valence-electron chi connectivity index (χ0n) is 12.2. The molecule has 0 saturated heterocycles. The van der Waals surface area contributed by atoms with Crippen molar-refractivity contribution in [2.75, 3.05) is 7.05 Å². The Balaban J connectivity index is 2.33.